The molecule has 5 nitrogen and oxygen atoms in total. The molecule has 1 aromatic heterocycles. The third-order valence-electron chi connectivity index (χ3n) is 4.15. The summed E-state index contributed by atoms with van der Waals surface area (Å²) in [6.45, 7) is 1.51. The van der Waals surface area contributed by atoms with Crippen LogP contribution in [0.2, 0.25) is 0 Å². The normalized spacial score (nSPS) is 16.9. The van der Waals surface area contributed by atoms with Crippen LogP contribution in [0.1, 0.15) is 27.9 Å². The highest BCUT2D eigenvalue weighted by atomic mass is 19.4. The number of benzene rings is 1. The van der Waals surface area contributed by atoms with Crippen molar-refractivity contribution in [3.05, 3.63) is 59.3 Å². The lowest BCUT2D eigenvalue weighted by atomic mass is 10.1. The van der Waals surface area contributed by atoms with E-state index in [2.05, 4.69) is 10.3 Å². The minimum absolute atomic E-state index is 0.0130. The van der Waals surface area contributed by atoms with Crippen molar-refractivity contribution in [1.82, 2.24) is 10.3 Å². The number of halogens is 3. The maximum Gasteiger partial charge on any atom is 0.416 e. The van der Waals surface area contributed by atoms with Gasteiger partial charge in [-0.1, -0.05) is 12.1 Å². The standard InChI is InChI=1S/C19H19F3N2O3/c20-19(21,22)15-4-1-13(2-5-15)7-9-23-18(25)14-3-6-17(24-11-14)27-16-8-10-26-12-16/h1-6,11,16H,7-10,12H2,(H,23,25)/t16-/m1/s1. The fourth-order valence-corrected chi connectivity index (χ4v) is 2.64. The molecule has 1 N–H and O–H groups in total. The van der Waals surface area contributed by atoms with E-state index in [-0.39, 0.29) is 12.0 Å². The van der Waals surface area contributed by atoms with Gasteiger partial charge in [-0.3, -0.25) is 4.79 Å². The average molecular weight is 380 g/mol. The van der Waals surface area contributed by atoms with Crippen molar-refractivity contribution in [3.63, 3.8) is 0 Å². The zero-order chi connectivity index (χ0) is 19.3. The minimum atomic E-state index is -4.35. The van der Waals surface area contributed by atoms with Crippen molar-refractivity contribution in [2.24, 2.45) is 0 Å². The Labute approximate surface area is 154 Å². The number of nitrogens with one attached hydrogen (secondary N) is 1. The Balaban J connectivity index is 1.46. The van der Waals surface area contributed by atoms with E-state index in [0.717, 1.165) is 18.6 Å². The van der Waals surface area contributed by atoms with Gasteiger partial charge in [-0.25, -0.2) is 4.98 Å². The summed E-state index contributed by atoms with van der Waals surface area (Å²) >= 11 is 0. The van der Waals surface area contributed by atoms with Crippen molar-refractivity contribution in [3.8, 4) is 5.88 Å². The first-order valence-corrected chi connectivity index (χ1v) is 8.56. The van der Waals surface area contributed by atoms with Gasteiger partial charge in [-0.05, 0) is 30.2 Å². The Hall–Kier alpha value is -2.61. The Morgan fingerprint density at radius 1 is 1.22 bits per heavy atom. The Morgan fingerprint density at radius 3 is 2.59 bits per heavy atom. The van der Waals surface area contributed by atoms with Gasteiger partial charge in [0.15, 0.2) is 0 Å². The number of rotatable bonds is 6. The van der Waals surface area contributed by atoms with Gasteiger partial charge in [0.1, 0.15) is 6.10 Å². The Morgan fingerprint density at radius 2 is 2.00 bits per heavy atom. The lowest BCUT2D eigenvalue weighted by Gasteiger charge is -2.11. The van der Waals surface area contributed by atoms with Gasteiger partial charge in [0, 0.05) is 25.2 Å². The molecule has 3 rings (SSSR count). The van der Waals surface area contributed by atoms with Gasteiger partial charge >= 0.3 is 6.18 Å². The van der Waals surface area contributed by atoms with Crippen LogP contribution in [0.5, 0.6) is 5.88 Å². The van der Waals surface area contributed by atoms with Crippen LogP contribution in [0.4, 0.5) is 13.2 Å². The zero-order valence-corrected chi connectivity index (χ0v) is 14.5. The quantitative estimate of drug-likeness (QED) is 0.836. The molecule has 0 saturated carbocycles. The Kier molecular flexibility index (Phi) is 5.95. The van der Waals surface area contributed by atoms with E-state index in [4.69, 9.17) is 9.47 Å². The van der Waals surface area contributed by atoms with E-state index < -0.39 is 11.7 Å². The summed E-state index contributed by atoms with van der Waals surface area (Å²) in [5.74, 6) is 0.136. The molecule has 0 bridgehead atoms. The molecule has 1 fully saturated rings. The number of carbonyl (C=O) groups is 1. The number of nitrogens with zero attached hydrogens (tertiary/aromatic N) is 1. The highest BCUT2D eigenvalue weighted by molar-refractivity contribution is 5.93. The van der Waals surface area contributed by atoms with Crippen LogP contribution in [0, 0.1) is 0 Å². The predicted molar refractivity (Wildman–Crippen MR) is 91.6 cm³/mol. The Bertz CT molecular complexity index is 755. The summed E-state index contributed by atoms with van der Waals surface area (Å²) < 4.78 is 48.4. The number of hydrogen-bond donors (Lipinski definition) is 1. The molecular formula is C19H19F3N2O3. The van der Waals surface area contributed by atoms with E-state index in [9.17, 15) is 18.0 Å². The van der Waals surface area contributed by atoms with Gasteiger partial charge in [0.25, 0.3) is 5.91 Å². The number of amides is 1. The van der Waals surface area contributed by atoms with Crippen LogP contribution in [0.15, 0.2) is 42.6 Å². The predicted octanol–water partition coefficient (Wildman–Crippen LogP) is 3.24. The van der Waals surface area contributed by atoms with E-state index >= 15 is 0 Å². The monoisotopic (exact) mass is 380 g/mol. The smallest absolute Gasteiger partial charge is 0.416 e. The third-order valence-corrected chi connectivity index (χ3v) is 4.15. The molecule has 2 heterocycles. The fraction of sp³-hybridized carbons (Fsp3) is 0.368. The zero-order valence-electron chi connectivity index (χ0n) is 14.5. The molecular weight excluding hydrogens is 361 g/mol. The van der Waals surface area contributed by atoms with Crippen LogP contribution in [-0.2, 0) is 17.3 Å². The SMILES string of the molecule is O=C(NCCc1ccc(C(F)(F)F)cc1)c1ccc(O[C@@H]2CCOC2)nc1. The average Bonchev–Trinajstić information content (AvgIpc) is 3.15. The van der Waals surface area contributed by atoms with E-state index in [1.165, 1.54) is 18.3 Å². The number of alkyl halides is 3. The molecule has 1 aliphatic heterocycles. The molecule has 1 atom stereocenters. The molecule has 27 heavy (non-hydrogen) atoms. The van der Waals surface area contributed by atoms with E-state index in [0.29, 0.717) is 43.2 Å². The fourth-order valence-electron chi connectivity index (χ4n) is 2.64. The second kappa shape index (κ2) is 8.39. The van der Waals surface area contributed by atoms with Crippen LogP contribution >= 0.6 is 0 Å². The van der Waals surface area contributed by atoms with Crippen LogP contribution in [0.3, 0.4) is 0 Å². The first-order valence-electron chi connectivity index (χ1n) is 8.56. The van der Waals surface area contributed by atoms with E-state index in [1.54, 1.807) is 12.1 Å². The van der Waals surface area contributed by atoms with Crippen molar-refractivity contribution in [1.29, 1.82) is 0 Å². The molecule has 144 valence electrons. The number of pyridine rings is 1. The summed E-state index contributed by atoms with van der Waals surface area (Å²) in [7, 11) is 0. The van der Waals surface area contributed by atoms with E-state index in [1.807, 2.05) is 0 Å². The molecule has 1 amide bonds. The van der Waals surface area contributed by atoms with Crippen LogP contribution < -0.4 is 10.1 Å². The van der Waals surface area contributed by atoms with Gasteiger partial charge in [-0.15, -0.1) is 0 Å². The first-order chi connectivity index (χ1) is 12.9. The lowest BCUT2D eigenvalue weighted by Crippen LogP contribution is -2.26. The summed E-state index contributed by atoms with van der Waals surface area (Å²) in [4.78, 5) is 16.2. The molecule has 0 radical (unpaired) electrons. The van der Waals surface area contributed by atoms with Gasteiger partial charge in [0.2, 0.25) is 5.88 Å². The molecule has 1 aromatic carbocycles. The van der Waals surface area contributed by atoms with Crippen LogP contribution in [0.25, 0.3) is 0 Å². The highest BCUT2D eigenvalue weighted by Gasteiger charge is 2.29. The van der Waals surface area contributed by atoms with Crippen molar-refractivity contribution in [2.75, 3.05) is 19.8 Å². The lowest BCUT2D eigenvalue weighted by molar-refractivity contribution is -0.137. The van der Waals surface area contributed by atoms with Crippen molar-refractivity contribution in [2.45, 2.75) is 25.1 Å². The maximum absolute atomic E-state index is 12.5. The molecule has 0 unspecified atom stereocenters. The maximum atomic E-state index is 12.5. The second-order valence-electron chi connectivity index (χ2n) is 6.19. The second-order valence-corrected chi connectivity index (χ2v) is 6.19. The van der Waals surface area contributed by atoms with Gasteiger partial charge < -0.3 is 14.8 Å². The molecule has 8 heteroatoms. The van der Waals surface area contributed by atoms with Gasteiger partial charge in [0.05, 0.1) is 24.3 Å². The summed E-state index contributed by atoms with van der Waals surface area (Å²) in [5.41, 5.74) is 0.411. The van der Waals surface area contributed by atoms with Gasteiger partial charge in [-0.2, -0.15) is 13.2 Å². The molecule has 1 aliphatic rings. The highest BCUT2D eigenvalue weighted by Crippen LogP contribution is 2.29. The van der Waals surface area contributed by atoms with Crippen molar-refractivity contribution < 1.29 is 27.4 Å². The number of hydrogen-bond acceptors (Lipinski definition) is 4. The van der Waals surface area contributed by atoms with Crippen molar-refractivity contribution >= 4 is 5.91 Å². The molecule has 0 spiro atoms. The molecule has 0 aliphatic carbocycles. The third kappa shape index (κ3) is 5.43. The van der Waals surface area contributed by atoms with Crippen LogP contribution in [-0.4, -0.2) is 36.8 Å². The largest absolute Gasteiger partial charge is 0.472 e. The number of ether oxygens (including phenoxy) is 2. The summed E-state index contributed by atoms with van der Waals surface area (Å²) in [6, 6.07) is 8.14. The minimum Gasteiger partial charge on any atom is -0.472 e. The number of carbonyl (C=O) groups excluding carboxylic acids is 1. The molecule has 1 saturated heterocycles. The first kappa shape index (κ1) is 19.2. The summed E-state index contributed by atoms with van der Waals surface area (Å²) in [5, 5.41) is 2.72. The summed E-state index contributed by atoms with van der Waals surface area (Å²) in [6.07, 6.45) is -1.69. The molecule has 2 aromatic rings. The topological polar surface area (TPSA) is 60.5 Å². The number of aromatic nitrogens is 1.